The van der Waals surface area contributed by atoms with E-state index in [2.05, 4.69) is 6.58 Å². The number of fused-ring (bicyclic) bond motifs is 1. The normalized spacial score (nSPS) is 15.9. The van der Waals surface area contributed by atoms with Crippen LogP contribution >= 0.6 is 0 Å². The molecule has 2 aromatic rings. The van der Waals surface area contributed by atoms with Gasteiger partial charge >= 0.3 is 12.4 Å². The standard InChI is InChI=1S/C29H38F6O4/c1-16(2)20-14-19-12-11-13-22(21(19)15-23(20)26(9,10)38-17(3)24(5,6)36)25(7,8)39-18(4)27(37,28(30,31)32)29(33,34)35/h11-15,17-18,36-37H,1H2,2-10H3. The number of hydrogen-bond acceptors (Lipinski definition) is 4. The summed E-state index contributed by atoms with van der Waals surface area (Å²) in [4.78, 5) is 0. The molecule has 0 saturated carbocycles. The lowest BCUT2D eigenvalue weighted by atomic mass is 9.83. The van der Waals surface area contributed by atoms with Crippen LogP contribution in [0.2, 0.25) is 0 Å². The van der Waals surface area contributed by atoms with Crippen LogP contribution in [0.1, 0.15) is 79.0 Å². The monoisotopic (exact) mass is 564 g/mol. The SMILES string of the molecule is C=C(C)c1cc2cccc(C(C)(C)OC(C)C(O)(C(F)(F)F)C(F)(F)F)c2cc1C(C)(C)OC(C)C(C)(C)O. The molecule has 0 amide bonds. The lowest BCUT2D eigenvalue weighted by Gasteiger charge is -2.41. The van der Waals surface area contributed by atoms with Crippen LogP contribution in [-0.2, 0) is 20.7 Å². The van der Waals surface area contributed by atoms with E-state index in [1.54, 1.807) is 65.8 Å². The van der Waals surface area contributed by atoms with Gasteiger partial charge in [-0.25, -0.2) is 0 Å². The van der Waals surface area contributed by atoms with Crippen molar-refractivity contribution in [3.8, 4) is 0 Å². The molecule has 0 heterocycles. The average Bonchev–Trinajstić information content (AvgIpc) is 2.74. The molecule has 2 N–H and O–H groups in total. The van der Waals surface area contributed by atoms with E-state index >= 15 is 0 Å². The van der Waals surface area contributed by atoms with Gasteiger partial charge < -0.3 is 19.7 Å². The van der Waals surface area contributed by atoms with Crippen LogP contribution in [0.4, 0.5) is 26.3 Å². The van der Waals surface area contributed by atoms with Gasteiger partial charge in [0.15, 0.2) is 0 Å². The minimum Gasteiger partial charge on any atom is -0.388 e. The highest BCUT2D eigenvalue weighted by molar-refractivity contribution is 5.91. The molecule has 2 unspecified atom stereocenters. The maximum absolute atomic E-state index is 13.5. The van der Waals surface area contributed by atoms with Gasteiger partial charge in [-0.3, -0.25) is 0 Å². The highest BCUT2D eigenvalue weighted by atomic mass is 19.4. The first-order chi connectivity index (χ1) is 17.3. The van der Waals surface area contributed by atoms with Gasteiger partial charge in [0.05, 0.1) is 22.9 Å². The molecule has 10 heteroatoms. The third-order valence-corrected chi connectivity index (χ3v) is 7.17. The van der Waals surface area contributed by atoms with E-state index in [9.17, 15) is 36.6 Å². The molecule has 39 heavy (non-hydrogen) atoms. The van der Waals surface area contributed by atoms with Crippen LogP contribution in [0.15, 0.2) is 36.9 Å². The Bertz CT molecular complexity index is 1190. The number of ether oxygens (including phenoxy) is 2. The molecule has 0 aromatic heterocycles. The Morgan fingerprint density at radius 1 is 0.769 bits per heavy atom. The van der Waals surface area contributed by atoms with E-state index < -0.39 is 47.0 Å². The predicted octanol–water partition coefficient (Wildman–Crippen LogP) is 7.78. The van der Waals surface area contributed by atoms with Gasteiger partial charge in [-0.05, 0) is 102 Å². The summed E-state index contributed by atoms with van der Waals surface area (Å²) in [7, 11) is 0. The van der Waals surface area contributed by atoms with Gasteiger partial charge in [0.2, 0.25) is 0 Å². The zero-order valence-electron chi connectivity index (χ0n) is 23.7. The van der Waals surface area contributed by atoms with Gasteiger partial charge in [0.25, 0.3) is 5.60 Å². The van der Waals surface area contributed by atoms with Crippen molar-refractivity contribution >= 4 is 16.3 Å². The second-order valence-electron chi connectivity index (χ2n) is 11.7. The molecular formula is C29H38F6O4. The van der Waals surface area contributed by atoms with Crippen molar-refractivity contribution in [1.29, 1.82) is 0 Å². The van der Waals surface area contributed by atoms with Gasteiger partial charge in [-0.1, -0.05) is 30.4 Å². The van der Waals surface area contributed by atoms with E-state index in [1.165, 1.54) is 13.8 Å². The number of alkyl halides is 6. The van der Waals surface area contributed by atoms with E-state index in [-0.39, 0.29) is 0 Å². The van der Waals surface area contributed by atoms with Crippen molar-refractivity contribution in [2.45, 2.75) is 109 Å². The predicted molar refractivity (Wildman–Crippen MR) is 139 cm³/mol. The summed E-state index contributed by atoms with van der Waals surface area (Å²) >= 11 is 0. The highest BCUT2D eigenvalue weighted by Gasteiger charge is 2.74. The van der Waals surface area contributed by atoms with E-state index in [0.717, 1.165) is 5.56 Å². The van der Waals surface area contributed by atoms with Crippen LogP contribution < -0.4 is 0 Å². The minimum absolute atomic E-state index is 0.305. The van der Waals surface area contributed by atoms with Crippen molar-refractivity contribution in [2.75, 3.05) is 0 Å². The van der Waals surface area contributed by atoms with Gasteiger partial charge in [-0.15, -0.1) is 0 Å². The Labute approximate surface area is 225 Å². The fourth-order valence-electron chi connectivity index (χ4n) is 4.56. The number of aliphatic hydroxyl groups is 2. The smallest absolute Gasteiger partial charge is 0.388 e. The van der Waals surface area contributed by atoms with Gasteiger partial charge in [0.1, 0.15) is 6.10 Å². The van der Waals surface area contributed by atoms with Crippen LogP contribution in [0, 0.1) is 0 Å². The lowest BCUT2D eigenvalue weighted by molar-refractivity contribution is -0.398. The third-order valence-electron chi connectivity index (χ3n) is 7.17. The second-order valence-corrected chi connectivity index (χ2v) is 11.7. The molecule has 2 atom stereocenters. The zero-order chi connectivity index (χ0) is 30.6. The molecule has 0 spiro atoms. The Balaban J connectivity index is 2.73. The number of rotatable bonds is 9. The summed E-state index contributed by atoms with van der Waals surface area (Å²) in [5, 5.41) is 21.4. The quantitative estimate of drug-likeness (QED) is 0.306. The zero-order valence-corrected chi connectivity index (χ0v) is 23.7. The maximum Gasteiger partial charge on any atom is 0.428 e. The maximum atomic E-state index is 13.5. The van der Waals surface area contributed by atoms with Crippen molar-refractivity contribution < 1.29 is 46.0 Å². The lowest BCUT2D eigenvalue weighted by Crippen LogP contribution is -2.64. The third kappa shape index (κ3) is 6.45. The van der Waals surface area contributed by atoms with Crippen LogP contribution in [0.3, 0.4) is 0 Å². The number of allylic oxidation sites excluding steroid dienone is 1. The van der Waals surface area contributed by atoms with Crippen molar-refractivity contribution in [3.05, 3.63) is 53.6 Å². The molecule has 0 aliphatic carbocycles. The Hall–Kier alpha value is -2.14. The molecule has 220 valence electrons. The van der Waals surface area contributed by atoms with Crippen molar-refractivity contribution in [1.82, 2.24) is 0 Å². The van der Waals surface area contributed by atoms with Crippen molar-refractivity contribution in [2.24, 2.45) is 0 Å². The van der Waals surface area contributed by atoms with Crippen LogP contribution in [-0.4, -0.2) is 46.0 Å². The highest BCUT2D eigenvalue weighted by Crippen LogP contribution is 2.48. The molecule has 0 saturated heterocycles. The Morgan fingerprint density at radius 2 is 1.23 bits per heavy atom. The number of hydrogen-bond donors (Lipinski definition) is 2. The first-order valence-corrected chi connectivity index (χ1v) is 12.4. The largest absolute Gasteiger partial charge is 0.428 e. The molecule has 0 bridgehead atoms. The minimum atomic E-state index is -6.03. The summed E-state index contributed by atoms with van der Waals surface area (Å²) < 4.78 is 92.5. The van der Waals surface area contributed by atoms with E-state index in [4.69, 9.17) is 9.47 Å². The summed E-state index contributed by atoms with van der Waals surface area (Å²) in [5.74, 6) is 0. The van der Waals surface area contributed by atoms with E-state index in [0.29, 0.717) is 34.4 Å². The fourth-order valence-corrected chi connectivity index (χ4v) is 4.56. The summed E-state index contributed by atoms with van der Waals surface area (Å²) in [6, 6.07) is 8.49. The first-order valence-electron chi connectivity index (χ1n) is 12.4. The Morgan fingerprint density at radius 3 is 1.67 bits per heavy atom. The Kier molecular flexibility index (Phi) is 8.78. The molecule has 2 rings (SSSR count). The molecule has 4 nitrogen and oxygen atoms in total. The number of benzene rings is 2. The average molecular weight is 565 g/mol. The second kappa shape index (κ2) is 10.4. The topological polar surface area (TPSA) is 58.9 Å². The molecule has 2 aromatic carbocycles. The molecule has 0 fully saturated rings. The van der Waals surface area contributed by atoms with Crippen LogP contribution in [0.5, 0.6) is 0 Å². The summed E-state index contributed by atoms with van der Waals surface area (Å²) in [6.07, 6.45) is -15.3. The molecular weight excluding hydrogens is 526 g/mol. The molecule has 0 aliphatic heterocycles. The summed E-state index contributed by atoms with van der Waals surface area (Å²) in [5.41, 5.74) is -6.53. The summed E-state index contributed by atoms with van der Waals surface area (Å²) in [6.45, 7) is 17.6. The van der Waals surface area contributed by atoms with E-state index in [1.807, 2.05) is 6.07 Å². The van der Waals surface area contributed by atoms with Gasteiger partial charge in [0, 0.05) is 0 Å². The first kappa shape index (κ1) is 33.1. The van der Waals surface area contributed by atoms with Crippen molar-refractivity contribution in [3.63, 3.8) is 0 Å². The van der Waals surface area contributed by atoms with Crippen LogP contribution in [0.25, 0.3) is 16.3 Å². The number of halogens is 6. The van der Waals surface area contributed by atoms with Gasteiger partial charge in [-0.2, -0.15) is 26.3 Å². The molecule has 0 aliphatic rings. The fraction of sp³-hybridized carbons (Fsp3) is 0.586. The molecule has 0 radical (unpaired) electrons.